The summed E-state index contributed by atoms with van der Waals surface area (Å²) in [4.78, 5) is 62.7. The van der Waals surface area contributed by atoms with Gasteiger partial charge < -0.3 is 60.6 Å². The van der Waals surface area contributed by atoms with Crippen LogP contribution in [0.3, 0.4) is 0 Å². The molecule has 3 fully saturated rings. The van der Waals surface area contributed by atoms with Gasteiger partial charge in [-0.25, -0.2) is 9.79 Å². The van der Waals surface area contributed by atoms with Gasteiger partial charge in [0.2, 0.25) is 5.91 Å². The molecule has 1 spiro atoms. The summed E-state index contributed by atoms with van der Waals surface area (Å²) in [5.74, 6) is -5.06. The molecule has 4 heterocycles. The van der Waals surface area contributed by atoms with E-state index in [2.05, 4.69) is 41.5 Å². The number of aliphatic hydroxyl groups is 7. The number of fused-ring (bicyclic) bond motifs is 4. The molecule has 1 saturated heterocycles. The number of halogens is 1. The van der Waals surface area contributed by atoms with Gasteiger partial charge in [-0.05, 0) is 24.6 Å². The first-order valence-corrected chi connectivity index (χ1v) is 16.5. The number of H-pyrrole nitrogens is 2. The lowest BCUT2D eigenvalue weighted by molar-refractivity contribution is -0.312. The van der Waals surface area contributed by atoms with Crippen molar-refractivity contribution >= 4 is 50.7 Å². The summed E-state index contributed by atoms with van der Waals surface area (Å²) in [5, 5.41) is 81.2. The number of benzene rings is 1. The second-order valence-electron chi connectivity index (χ2n) is 13.2. The summed E-state index contributed by atoms with van der Waals surface area (Å²) < 4.78 is 17.4. The van der Waals surface area contributed by atoms with Gasteiger partial charge >= 0.3 is 11.7 Å². The van der Waals surface area contributed by atoms with Gasteiger partial charge in [0.1, 0.15) is 47.4 Å². The fourth-order valence-corrected chi connectivity index (χ4v) is 8.30. The van der Waals surface area contributed by atoms with Gasteiger partial charge in [0.15, 0.2) is 18.1 Å². The number of aliphatic imine (C=N–C) groups is 1. The Hall–Kier alpha value is -3.57. The van der Waals surface area contributed by atoms with Gasteiger partial charge in [0.05, 0.1) is 30.4 Å². The quantitative estimate of drug-likeness (QED) is 0.134. The molecule has 1 amide bonds. The molecule has 3 aliphatic heterocycles. The molecule has 7 rings (SSSR count). The number of carbonyl (C=O) groups is 2. The lowest BCUT2D eigenvalue weighted by atomic mass is 9.65. The minimum absolute atomic E-state index is 0.112. The molecule has 2 saturated carbocycles. The SMILES string of the molecule is C[C@@]1(O)C2=Nc3c([nH]c(=O)[nH]c3=O)NCC2C(C(=O)O[C@@H]2[C@@H](O)[C@@H](O)C[C@H](O)[C@H]2O[C@@H]2OC[C@@H](O)[C@H](O)[C@H]2O)[C@]12C(=O)Nc1cc(Br)ccc12. The predicted octanol–water partition coefficient (Wildman–Crippen LogP) is -3.57. The third-order valence-electron chi connectivity index (χ3n) is 10.3. The lowest BCUT2D eigenvalue weighted by Crippen LogP contribution is -2.63. The van der Waals surface area contributed by atoms with E-state index in [-0.39, 0.29) is 35.0 Å². The Morgan fingerprint density at radius 2 is 1.74 bits per heavy atom. The number of aliphatic hydroxyl groups excluding tert-OH is 6. The smallest absolute Gasteiger partial charge is 0.327 e. The van der Waals surface area contributed by atoms with Gasteiger partial charge in [-0.2, -0.15) is 0 Å². The highest BCUT2D eigenvalue weighted by atomic mass is 79.9. The maximum Gasteiger partial charge on any atom is 0.327 e. The van der Waals surface area contributed by atoms with Crippen LogP contribution in [0.15, 0.2) is 37.3 Å². The molecule has 1 aromatic heterocycles. The fourth-order valence-electron chi connectivity index (χ4n) is 7.94. The number of nitrogens with one attached hydrogen (secondary N) is 4. The van der Waals surface area contributed by atoms with E-state index < -0.39 is 114 Å². The van der Waals surface area contributed by atoms with E-state index in [1.165, 1.54) is 13.0 Å². The van der Waals surface area contributed by atoms with Crippen molar-refractivity contribution in [1.29, 1.82) is 0 Å². The molecule has 2 unspecified atom stereocenters. The zero-order valence-corrected chi connectivity index (χ0v) is 27.6. The number of hydrogen-bond acceptors (Lipinski definition) is 16. The molecule has 11 N–H and O–H groups in total. The minimum Gasteiger partial charge on any atom is -0.456 e. The monoisotopic (exact) mass is 767 g/mol. The number of aromatic amines is 2. The number of aromatic nitrogens is 2. The van der Waals surface area contributed by atoms with Crippen molar-refractivity contribution in [3.8, 4) is 0 Å². The van der Waals surface area contributed by atoms with Gasteiger partial charge in [-0.15, -0.1) is 0 Å². The molecule has 19 nitrogen and oxygen atoms in total. The van der Waals surface area contributed by atoms with E-state index in [0.29, 0.717) is 4.47 Å². The van der Waals surface area contributed by atoms with Crippen molar-refractivity contribution in [1.82, 2.24) is 9.97 Å². The Labute approximate surface area is 289 Å². The number of rotatable bonds is 4. The van der Waals surface area contributed by atoms with E-state index in [4.69, 9.17) is 14.2 Å². The van der Waals surface area contributed by atoms with Crippen molar-refractivity contribution in [2.75, 3.05) is 23.8 Å². The third-order valence-corrected chi connectivity index (χ3v) is 10.8. The summed E-state index contributed by atoms with van der Waals surface area (Å²) in [6, 6.07) is 4.66. The average Bonchev–Trinajstić information content (AvgIpc) is 3.33. The second kappa shape index (κ2) is 12.3. The van der Waals surface area contributed by atoms with Crippen molar-refractivity contribution in [3.63, 3.8) is 0 Å². The zero-order valence-electron chi connectivity index (χ0n) is 26.0. The molecule has 50 heavy (non-hydrogen) atoms. The molecule has 1 aromatic carbocycles. The van der Waals surface area contributed by atoms with Crippen molar-refractivity contribution in [2.24, 2.45) is 16.8 Å². The summed E-state index contributed by atoms with van der Waals surface area (Å²) in [6.07, 6.45) is -15.9. The molecule has 2 aromatic rings. The molecule has 2 aliphatic carbocycles. The van der Waals surface area contributed by atoms with Gasteiger partial charge in [-0.1, -0.05) is 22.0 Å². The Balaban J connectivity index is 1.33. The molecule has 13 atom stereocenters. The van der Waals surface area contributed by atoms with Crippen LogP contribution in [-0.4, -0.2) is 137 Å². The van der Waals surface area contributed by atoms with Gasteiger partial charge in [-0.3, -0.25) is 24.4 Å². The summed E-state index contributed by atoms with van der Waals surface area (Å²) in [6.45, 7) is 0.506. The first kappa shape index (κ1) is 34.9. The van der Waals surface area contributed by atoms with Crippen LogP contribution in [0, 0.1) is 11.8 Å². The van der Waals surface area contributed by atoms with Crippen LogP contribution in [-0.2, 0) is 29.2 Å². The Bertz CT molecular complexity index is 1880. The molecule has 0 radical (unpaired) electrons. The Morgan fingerprint density at radius 3 is 2.48 bits per heavy atom. The number of nitrogens with zero attached hydrogens (tertiary/aromatic N) is 1. The molecule has 270 valence electrons. The van der Waals surface area contributed by atoms with E-state index in [1.54, 1.807) is 12.1 Å². The molecular weight excluding hydrogens is 734 g/mol. The van der Waals surface area contributed by atoms with Crippen LogP contribution >= 0.6 is 15.9 Å². The van der Waals surface area contributed by atoms with Crippen LogP contribution in [0.4, 0.5) is 17.2 Å². The van der Waals surface area contributed by atoms with Crippen LogP contribution in [0.5, 0.6) is 0 Å². The Kier molecular flexibility index (Phi) is 8.57. The summed E-state index contributed by atoms with van der Waals surface area (Å²) in [5.41, 5.74) is -6.36. The summed E-state index contributed by atoms with van der Waals surface area (Å²) in [7, 11) is 0. The fraction of sp³-hybridized carbons (Fsp3) is 0.567. The van der Waals surface area contributed by atoms with Gasteiger partial charge in [0, 0.05) is 29.0 Å². The normalized spacial score (nSPS) is 40.5. The van der Waals surface area contributed by atoms with Crippen LogP contribution in [0.25, 0.3) is 0 Å². The minimum atomic E-state index is -2.31. The zero-order chi connectivity index (χ0) is 36.0. The van der Waals surface area contributed by atoms with Crippen LogP contribution < -0.4 is 21.9 Å². The molecule has 0 bridgehead atoms. The highest BCUT2D eigenvalue weighted by Gasteiger charge is 2.75. The van der Waals surface area contributed by atoms with E-state index in [1.807, 2.05) is 0 Å². The first-order chi connectivity index (χ1) is 23.6. The predicted molar refractivity (Wildman–Crippen MR) is 170 cm³/mol. The van der Waals surface area contributed by atoms with E-state index >= 15 is 0 Å². The highest BCUT2D eigenvalue weighted by Crippen LogP contribution is 2.60. The first-order valence-electron chi connectivity index (χ1n) is 15.7. The average molecular weight is 769 g/mol. The second-order valence-corrected chi connectivity index (χ2v) is 14.1. The lowest BCUT2D eigenvalue weighted by Gasteiger charge is -2.44. The van der Waals surface area contributed by atoms with Crippen LogP contribution in [0.2, 0.25) is 0 Å². The third kappa shape index (κ3) is 5.08. The van der Waals surface area contributed by atoms with E-state index in [0.717, 1.165) is 0 Å². The number of anilines is 2. The standard InChI is InChI=1S/C30H34BrN5O14/c1-29(47)22-9(6-32-23-16(34-22)24(43)36-28(46)35-23)15(30(29)10-3-2-8(31)4-11(10)33-27(30)45)25(44)49-21-18(41)12(37)5-13(38)20(21)50-26-19(42)17(40)14(39)7-48-26/h2-4,9,12-15,17-21,26,37-42,47H,5-7H2,1H3,(H,33,45)(H3,32,35,36,43,46)/t9?,12-,13-,14+,15?,17-,18-,19+,20+,21+,26-,29+,30+/m0/s1. The maximum absolute atomic E-state index is 14.7. The van der Waals surface area contributed by atoms with Gasteiger partial charge in [0.25, 0.3) is 5.56 Å². The Morgan fingerprint density at radius 1 is 1.00 bits per heavy atom. The van der Waals surface area contributed by atoms with Crippen molar-refractivity contribution in [2.45, 2.75) is 79.5 Å². The molecule has 20 heteroatoms. The largest absolute Gasteiger partial charge is 0.456 e. The molecular formula is C30H34BrN5O14. The highest BCUT2D eigenvalue weighted by molar-refractivity contribution is 9.10. The van der Waals surface area contributed by atoms with Crippen LogP contribution in [0.1, 0.15) is 18.9 Å². The summed E-state index contributed by atoms with van der Waals surface area (Å²) >= 11 is 3.35. The topological polar surface area (TPSA) is 306 Å². The van der Waals surface area contributed by atoms with Crippen molar-refractivity contribution in [3.05, 3.63) is 49.1 Å². The number of amides is 1. The van der Waals surface area contributed by atoms with E-state index in [9.17, 15) is 54.9 Å². The van der Waals surface area contributed by atoms with Crippen molar-refractivity contribution < 1.29 is 59.5 Å². The number of carbonyl (C=O) groups excluding carboxylic acids is 2. The molecule has 5 aliphatic rings. The number of hydrogen-bond donors (Lipinski definition) is 11. The number of ether oxygens (including phenoxy) is 3. The maximum atomic E-state index is 14.7. The number of esters is 1.